The van der Waals surface area contributed by atoms with Crippen LogP contribution >= 0.6 is 0 Å². The molecule has 1 heterocycles. The van der Waals surface area contributed by atoms with Crippen molar-refractivity contribution in [1.29, 1.82) is 0 Å². The van der Waals surface area contributed by atoms with Gasteiger partial charge in [0.25, 0.3) is 0 Å². The predicted octanol–water partition coefficient (Wildman–Crippen LogP) is 4.61. The number of hydrogen-bond donors (Lipinski definition) is 2. The molecule has 2 N–H and O–H groups in total. The molecule has 1 aliphatic carbocycles. The van der Waals surface area contributed by atoms with Crippen LogP contribution in [0.2, 0.25) is 0 Å². The zero-order valence-electron chi connectivity index (χ0n) is 15.8. The number of carbonyl (C=O) groups is 1. The number of cyclic esters (lactones) is 1. The lowest BCUT2D eigenvalue weighted by Crippen LogP contribution is -2.38. The summed E-state index contributed by atoms with van der Waals surface area (Å²) in [5, 5.41) is 12.8. The summed E-state index contributed by atoms with van der Waals surface area (Å²) in [5.41, 5.74) is 0.000863. The summed E-state index contributed by atoms with van der Waals surface area (Å²) < 4.78 is 33.1. The van der Waals surface area contributed by atoms with Gasteiger partial charge in [0.1, 0.15) is 6.10 Å². The van der Waals surface area contributed by atoms with Crippen LogP contribution in [-0.4, -0.2) is 23.7 Å². The lowest BCUT2D eigenvalue weighted by molar-refractivity contribution is -0.164. The van der Waals surface area contributed by atoms with Crippen molar-refractivity contribution in [2.24, 2.45) is 11.8 Å². The van der Waals surface area contributed by atoms with Gasteiger partial charge in [-0.15, -0.1) is 0 Å². The summed E-state index contributed by atoms with van der Waals surface area (Å²) in [6, 6.07) is 2.92. The Morgan fingerprint density at radius 1 is 1.11 bits per heavy atom. The maximum absolute atomic E-state index is 14.1. The molecule has 2 aliphatic rings. The minimum absolute atomic E-state index is 0.000863. The maximum atomic E-state index is 14.1. The van der Waals surface area contributed by atoms with Crippen molar-refractivity contribution in [2.45, 2.75) is 70.4 Å². The predicted molar refractivity (Wildman–Crippen MR) is 98.2 cm³/mol. The highest BCUT2D eigenvalue weighted by atomic mass is 19.2. The molecule has 0 spiro atoms. The van der Waals surface area contributed by atoms with Crippen molar-refractivity contribution in [3.05, 3.63) is 29.3 Å². The molecule has 0 amide bonds. The lowest BCUT2D eigenvalue weighted by atomic mass is 9.75. The van der Waals surface area contributed by atoms with Crippen LogP contribution < -0.4 is 5.32 Å². The molecule has 6 heteroatoms. The first-order valence-electron chi connectivity index (χ1n) is 10.1. The second-order valence-electron chi connectivity index (χ2n) is 7.83. The number of phenolic OH excluding ortho intramolecular Hbond substituents is 1. The molecule has 4 nitrogen and oxygen atoms in total. The summed E-state index contributed by atoms with van der Waals surface area (Å²) in [4.78, 5) is 12.5. The smallest absolute Gasteiger partial charge is 0.309 e. The zero-order valence-corrected chi connectivity index (χ0v) is 15.8. The van der Waals surface area contributed by atoms with Crippen LogP contribution in [0.3, 0.4) is 0 Å². The molecule has 1 saturated carbocycles. The normalized spacial score (nSPS) is 28.8. The Balaban J connectivity index is 1.54. The third-order valence-electron chi connectivity index (χ3n) is 6.04. The summed E-state index contributed by atoms with van der Waals surface area (Å²) >= 11 is 0. The highest BCUT2D eigenvalue weighted by Gasteiger charge is 2.38. The Morgan fingerprint density at radius 3 is 2.52 bits per heavy atom. The Hall–Kier alpha value is -1.69. The van der Waals surface area contributed by atoms with Crippen molar-refractivity contribution >= 4 is 5.97 Å². The van der Waals surface area contributed by atoms with Crippen LogP contribution in [0.25, 0.3) is 0 Å². The fourth-order valence-corrected chi connectivity index (χ4v) is 4.39. The van der Waals surface area contributed by atoms with Crippen LogP contribution in [0.4, 0.5) is 8.78 Å². The van der Waals surface area contributed by atoms with Crippen LogP contribution in [-0.2, 0) is 9.53 Å². The molecule has 2 atom stereocenters. The number of ether oxygens (including phenoxy) is 1. The SMILES string of the molecule is CCCCNC1CCC(C2CCC(c3ccc(O)c(F)c3F)OC2=O)CC1. The van der Waals surface area contributed by atoms with E-state index in [1.54, 1.807) is 0 Å². The molecule has 1 saturated heterocycles. The van der Waals surface area contributed by atoms with Crippen molar-refractivity contribution < 1.29 is 23.4 Å². The largest absolute Gasteiger partial charge is 0.505 e. The number of benzene rings is 1. The van der Waals surface area contributed by atoms with Crippen molar-refractivity contribution in [2.75, 3.05) is 6.54 Å². The van der Waals surface area contributed by atoms with E-state index < -0.39 is 23.5 Å². The third kappa shape index (κ3) is 4.60. The van der Waals surface area contributed by atoms with E-state index in [-0.39, 0.29) is 17.5 Å². The van der Waals surface area contributed by atoms with E-state index in [1.807, 2.05) is 0 Å². The molecule has 150 valence electrons. The van der Waals surface area contributed by atoms with E-state index >= 15 is 0 Å². The fourth-order valence-electron chi connectivity index (χ4n) is 4.39. The number of carbonyl (C=O) groups excluding carboxylic acids is 1. The first-order valence-corrected chi connectivity index (χ1v) is 10.1. The van der Waals surface area contributed by atoms with Gasteiger partial charge < -0.3 is 15.2 Å². The van der Waals surface area contributed by atoms with E-state index in [0.29, 0.717) is 24.8 Å². The lowest BCUT2D eigenvalue weighted by Gasteiger charge is -2.37. The monoisotopic (exact) mass is 381 g/mol. The number of aromatic hydroxyl groups is 1. The molecule has 1 aliphatic heterocycles. The van der Waals surface area contributed by atoms with Gasteiger partial charge in [-0.1, -0.05) is 13.3 Å². The Morgan fingerprint density at radius 2 is 1.85 bits per heavy atom. The van der Waals surface area contributed by atoms with Crippen LogP contribution in [0.1, 0.15) is 70.0 Å². The summed E-state index contributed by atoms with van der Waals surface area (Å²) in [5.74, 6) is -3.31. The van der Waals surface area contributed by atoms with Gasteiger partial charge in [-0.3, -0.25) is 4.79 Å². The first kappa shape index (κ1) is 20.1. The minimum Gasteiger partial charge on any atom is -0.505 e. The van der Waals surface area contributed by atoms with Gasteiger partial charge in [0.15, 0.2) is 11.6 Å². The number of esters is 1. The van der Waals surface area contributed by atoms with Crippen molar-refractivity contribution in [3.8, 4) is 5.75 Å². The highest BCUT2D eigenvalue weighted by molar-refractivity contribution is 5.74. The molecule has 1 aromatic rings. The van der Waals surface area contributed by atoms with Gasteiger partial charge in [0.05, 0.1) is 5.92 Å². The topological polar surface area (TPSA) is 58.6 Å². The number of phenols is 1. The Labute approximate surface area is 159 Å². The average Bonchev–Trinajstić information content (AvgIpc) is 2.67. The molecular weight excluding hydrogens is 352 g/mol. The van der Waals surface area contributed by atoms with E-state index in [1.165, 1.54) is 18.9 Å². The number of nitrogens with one attached hydrogen (secondary N) is 1. The Kier molecular flexibility index (Phi) is 6.68. The fraction of sp³-hybridized carbons (Fsp3) is 0.667. The van der Waals surface area contributed by atoms with Gasteiger partial charge in [-0.2, -0.15) is 4.39 Å². The minimum atomic E-state index is -1.29. The van der Waals surface area contributed by atoms with Crippen molar-refractivity contribution in [3.63, 3.8) is 0 Å². The van der Waals surface area contributed by atoms with Crippen LogP contribution in [0, 0.1) is 23.5 Å². The average molecular weight is 381 g/mol. The van der Waals surface area contributed by atoms with Gasteiger partial charge in [0.2, 0.25) is 5.82 Å². The molecule has 0 bridgehead atoms. The molecule has 2 unspecified atom stereocenters. The highest BCUT2D eigenvalue weighted by Crippen LogP contribution is 2.41. The molecule has 27 heavy (non-hydrogen) atoms. The number of unbranched alkanes of at least 4 members (excludes halogenated alkanes) is 1. The molecular formula is C21H29F2NO3. The van der Waals surface area contributed by atoms with Gasteiger partial charge in [-0.25, -0.2) is 4.39 Å². The first-order chi connectivity index (χ1) is 13.0. The number of halogens is 2. The van der Waals surface area contributed by atoms with E-state index in [9.17, 15) is 18.7 Å². The van der Waals surface area contributed by atoms with Gasteiger partial charge in [-0.05, 0) is 69.5 Å². The summed E-state index contributed by atoms with van der Waals surface area (Å²) in [6.45, 7) is 3.23. The third-order valence-corrected chi connectivity index (χ3v) is 6.04. The standard InChI is InChI=1S/C21H29F2NO3/c1-2-3-12-24-14-6-4-13(5-7-14)15-9-11-18(27-21(15)26)16-8-10-17(25)20(23)19(16)22/h8,10,13-15,18,24-25H,2-7,9,11-12H2,1H3. The quantitative estimate of drug-likeness (QED) is 0.558. The number of hydrogen-bond acceptors (Lipinski definition) is 4. The maximum Gasteiger partial charge on any atom is 0.309 e. The van der Waals surface area contributed by atoms with Crippen molar-refractivity contribution in [1.82, 2.24) is 5.32 Å². The summed E-state index contributed by atoms with van der Waals surface area (Å²) in [6.07, 6.45) is 6.83. The molecule has 0 aromatic heterocycles. The molecule has 2 fully saturated rings. The summed E-state index contributed by atoms with van der Waals surface area (Å²) in [7, 11) is 0. The Bertz CT molecular complexity index is 659. The van der Waals surface area contributed by atoms with Gasteiger partial charge in [0, 0.05) is 11.6 Å². The zero-order chi connectivity index (χ0) is 19.4. The van der Waals surface area contributed by atoms with E-state index in [0.717, 1.165) is 38.3 Å². The second kappa shape index (κ2) is 9.00. The van der Waals surface area contributed by atoms with Crippen LogP contribution in [0.5, 0.6) is 5.75 Å². The van der Waals surface area contributed by atoms with E-state index in [4.69, 9.17) is 4.74 Å². The van der Waals surface area contributed by atoms with E-state index in [2.05, 4.69) is 12.2 Å². The number of rotatable bonds is 6. The second-order valence-corrected chi connectivity index (χ2v) is 7.83. The van der Waals surface area contributed by atoms with Crippen LogP contribution in [0.15, 0.2) is 12.1 Å². The molecule has 3 rings (SSSR count). The van der Waals surface area contributed by atoms with Gasteiger partial charge >= 0.3 is 5.97 Å². The molecule has 1 aromatic carbocycles. The molecule has 0 radical (unpaired) electrons.